The first kappa shape index (κ1) is 35.2. The molecule has 1 aromatic heterocycles. The standard InChI is InChI=1S/C58H40N2/c1-3-16-41(17-4-1)47-38-48(42-18-5-2-6-19-42)40-50(39-47)59(55-29-15-21-45-20-7-8-22-51(45)55)49-36-34-44(35-37-49)43-30-32-46(33-31-43)52-23-9-12-26-56(52)60-57-27-13-10-24-53(57)54-25-11-14-28-58(54)60/h1-40H. The lowest BCUT2D eigenvalue weighted by atomic mass is 9.96. The highest BCUT2D eigenvalue weighted by atomic mass is 15.1. The number of benzene rings is 10. The molecule has 0 amide bonds. The number of hydrogen-bond acceptors (Lipinski definition) is 1. The van der Waals surface area contributed by atoms with Gasteiger partial charge in [0.25, 0.3) is 0 Å². The first-order valence-corrected chi connectivity index (χ1v) is 20.6. The molecule has 0 unspecified atom stereocenters. The highest BCUT2D eigenvalue weighted by molar-refractivity contribution is 6.09. The number of nitrogens with zero attached hydrogens (tertiary/aromatic N) is 2. The fourth-order valence-electron chi connectivity index (χ4n) is 8.91. The van der Waals surface area contributed by atoms with Crippen molar-refractivity contribution in [3.05, 3.63) is 243 Å². The molecule has 282 valence electrons. The monoisotopic (exact) mass is 764 g/mol. The van der Waals surface area contributed by atoms with Crippen molar-refractivity contribution in [2.45, 2.75) is 0 Å². The molecular weight excluding hydrogens is 725 g/mol. The molecule has 0 atom stereocenters. The Hall–Kier alpha value is -7.94. The van der Waals surface area contributed by atoms with Crippen LogP contribution in [0.2, 0.25) is 0 Å². The van der Waals surface area contributed by atoms with Crippen molar-refractivity contribution in [3.63, 3.8) is 0 Å². The number of hydrogen-bond donors (Lipinski definition) is 0. The van der Waals surface area contributed by atoms with Gasteiger partial charge in [-0.25, -0.2) is 0 Å². The van der Waals surface area contributed by atoms with Gasteiger partial charge in [-0.3, -0.25) is 0 Å². The Kier molecular flexibility index (Phi) is 8.87. The summed E-state index contributed by atoms with van der Waals surface area (Å²) in [6.07, 6.45) is 0. The summed E-state index contributed by atoms with van der Waals surface area (Å²) >= 11 is 0. The predicted octanol–water partition coefficient (Wildman–Crippen LogP) is 16.1. The zero-order valence-corrected chi connectivity index (χ0v) is 33.0. The molecule has 0 aliphatic heterocycles. The van der Waals surface area contributed by atoms with Crippen molar-refractivity contribution in [1.29, 1.82) is 0 Å². The van der Waals surface area contributed by atoms with Crippen molar-refractivity contribution >= 4 is 49.6 Å². The average molecular weight is 765 g/mol. The molecule has 60 heavy (non-hydrogen) atoms. The summed E-state index contributed by atoms with van der Waals surface area (Å²) in [4.78, 5) is 2.42. The van der Waals surface area contributed by atoms with Crippen LogP contribution >= 0.6 is 0 Å². The van der Waals surface area contributed by atoms with E-state index in [9.17, 15) is 0 Å². The van der Waals surface area contributed by atoms with Crippen LogP contribution in [-0.2, 0) is 0 Å². The van der Waals surface area contributed by atoms with Crippen LogP contribution in [0.4, 0.5) is 17.1 Å². The summed E-state index contributed by atoms with van der Waals surface area (Å²) in [6.45, 7) is 0. The predicted molar refractivity (Wildman–Crippen MR) is 255 cm³/mol. The maximum Gasteiger partial charge on any atom is 0.0541 e. The molecule has 0 saturated heterocycles. The van der Waals surface area contributed by atoms with Crippen LogP contribution in [0.15, 0.2) is 243 Å². The van der Waals surface area contributed by atoms with Gasteiger partial charge >= 0.3 is 0 Å². The number of aromatic nitrogens is 1. The summed E-state index contributed by atoms with van der Waals surface area (Å²) < 4.78 is 2.41. The van der Waals surface area contributed by atoms with E-state index in [0.717, 1.165) is 17.1 Å². The van der Waals surface area contributed by atoms with Crippen molar-refractivity contribution in [2.75, 3.05) is 4.90 Å². The van der Waals surface area contributed by atoms with Crippen molar-refractivity contribution in [3.8, 4) is 50.2 Å². The Bertz CT molecular complexity index is 3170. The molecule has 0 radical (unpaired) electrons. The molecule has 10 aromatic carbocycles. The van der Waals surface area contributed by atoms with Crippen LogP contribution in [0.5, 0.6) is 0 Å². The quantitative estimate of drug-likeness (QED) is 0.150. The molecule has 11 aromatic rings. The topological polar surface area (TPSA) is 8.17 Å². The minimum absolute atomic E-state index is 1.09. The van der Waals surface area contributed by atoms with Crippen LogP contribution < -0.4 is 4.90 Å². The van der Waals surface area contributed by atoms with Gasteiger partial charge in [0.1, 0.15) is 0 Å². The number of para-hydroxylation sites is 3. The first-order valence-electron chi connectivity index (χ1n) is 20.6. The Morgan fingerprint density at radius 2 is 0.750 bits per heavy atom. The van der Waals surface area contributed by atoms with E-state index in [2.05, 4.69) is 252 Å². The fraction of sp³-hybridized carbons (Fsp3) is 0. The van der Waals surface area contributed by atoms with Crippen molar-refractivity contribution < 1.29 is 0 Å². The maximum atomic E-state index is 2.42. The lowest BCUT2D eigenvalue weighted by molar-refractivity contribution is 1.18. The Morgan fingerprint density at radius 3 is 1.38 bits per heavy atom. The summed E-state index contributed by atoms with van der Waals surface area (Å²) in [5.41, 5.74) is 16.4. The molecule has 1 heterocycles. The highest BCUT2D eigenvalue weighted by Crippen LogP contribution is 2.43. The number of rotatable bonds is 8. The molecule has 0 bridgehead atoms. The third kappa shape index (κ3) is 6.32. The molecule has 2 nitrogen and oxygen atoms in total. The fourth-order valence-corrected chi connectivity index (χ4v) is 8.91. The molecule has 0 aliphatic carbocycles. The normalized spacial score (nSPS) is 11.3. The Labute approximate surface area is 350 Å². The van der Waals surface area contributed by atoms with E-state index in [-0.39, 0.29) is 0 Å². The van der Waals surface area contributed by atoms with Crippen LogP contribution in [0.25, 0.3) is 82.8 Å². The van der Waals surface area contributed by atoms with Crippen LogP contribution in [0.1, 0.15) is 0 Å². The maximum absolute atomic E-state index is 2.42. The summed E-state index contributed by atoms with van der Waals surface area (Å²) in [5, 5.41) is 4.94. The van der Waals surface area contributed by atoms with Gasteiger partial charge in [0.05, 0.1) is 22.4 Å². The molecule has 0 saturated carbocycles. The van der Waals surface area contributed by atoms with Gasteiger partial charge < -0.3 is 9.47 Å². The van der Waals surface area contributed by atoms with Gasteiger partial charge in [-0.2, -0.15) is 0 Å². The highest BCUT2D eigenvalue weighted by Gasteiger charge is 2.19. The van der Waals surface area contributed by atoms with Gasteiger partial charge in [0, 0.05) is 33.1 Å². The Morgan fingerprint density at radius 1 is 0.283 bits per heavy atom. The zero-order valence-electron chi connectivity index (χ0n) is 33.0. The number of fused-ring (bicyclic) bond motifs is 4. The molecule has 2 heteroatoms. The molecule has 11 rings (SSSR count). The van der Waals surface area contributed by atoms with E-state index in [1.807, 2.05) is 0 Å². The van der Waals surface area contributed by atoms with Crippen LogP contribution in [0.3, 0.4) is 0 Å². The van der Waals surface area contributed by atoms with E-state index in [1.165, 1.54) is 82.8 Å². The molecular formula is C58H40N2. The molecule has 0 fully saturated rings. The van der Waals surface area contributed by atoms with Gasteiger partial charge in [-0.1, -0.05) is 188 Å². The average Bonchev–Trinajstić information content (AvgIpc) is 3.67. The second-order valence-electron chi connectivity index (χ2n) is 15.3. The molecule has 0 N–H and O–H groups in total. The zero-order chi connectivity index (χ0) is 39.8. The van der Waals surface area contributed by atoms with Gasteiger partial charge in [-0.15, -0.1) is 0 Å². The molecule has 0 aliphatic rings. The van der Waals surface area contributed by atoms with E-state index in [4.69, 9.17) is 0 Å². The summed E-state index contributed by atoms with van der Waals surface area (Å²) in [6, 6.07) is 87.9. The van der Waals surface area contributed by atoms with E-state index >= 15 is 0 Å². The summed E-state index contributed by atoms with van der Waals surface area (Å²) in [7, 11) is 0. The Balaban J connectivity index is 0.996. The number of anilines is 3. The third-order valence-electron chi connectivity index (χ3n) is 11.8. The van der Waals surface area contributed by atoms with Crippen molar-refractivity contribution in [2.24, 2.45) is 0 Å². The third-order valence-corrected chi connectivity index (χ3v) is 11.8. The van der Waals surface area contributed by atoms with E-state index in [1.54, 1.807) is 0 Å². The lowest BCUT2D eigenvalue weighted by Crippen LogP contribution is -2.11. The van der Waals surface area contributed by atoms with Gasteiger partial charge in [0.2, 0.25) is 0 Å². The summed E-state index contributed by atoms with van der Waals surface area (Å²) in [5.74, 6) is 0. The first-order chi connectivity index (χ1) is 29.8. The largest absolute Gasteiger partial charge is 0.310 e. The smallest absolute Gasteiger partial charge is 0.0541 e. The van der Waals surface area contributed by atoms with Gasteiger partial charge in [0.15, 0.2) is 0 Å². The second kappa shape index (κ2) is 15.1. The van der Waals surface area contributed by atoms with Crippen molar-refractivity contribution in [1.82, 2.24) is 4.57 Å². The SMILES string of the molecule is c1ccc(-c2cc(-c3ccccc3)cc(N(c3ccc(-c4ccc(-c5ccccc5-n5c6ccccc6c6ccccc65)cc4)cc3)c3cccc4ccccc34)c2)cc1. The lowest BCUT2D eigenvalue weighted by Gasteiger charge is -2.28. The molecule has 0 spiro atoms. The van der Waals surface area contributed by atoms with E-state index in [0.29, 0.717) is 0 Å². The second-order valence-corrected chi connectivity index (χ2v) is 15.3. The van der Waals surface area contributed by atoms with Crippen LogP contribution in [0, 0.1) is 0 Å². The minimum Gasteiger partial charge on any atom is -0.310 e. The van der Waals surface area contributed by atoms with E-state index < -0.39 is 0 Å². The van der Waals surface area contributed by atoms with Crippen LogP contribution in [-0.4, -0.2) is 4.57 Å². The van der Waals surface area contributed by atoms with Gasteiger partial charge in [-0.05, 0) is 98.9 Å². The minimum atomic E-state index is 1.09.